The van der Waals surface area contributed by atoms with Crippen molar-refractivity contribution >= 4 is 17.5 Å². The third-order valence-corrected chi connectivity index (χ3v) is 6.37. The summed E-state index contributed by atoms with van der Waals surface area (Å²) in [4.78, 5) is 28.9. The number of anilines is 1. The van der Waals surface area contributed by atoms with Crippen LogP contribution in [0.4, 0.5) is 5.69 Å². The van der Waals surface area contributed by atoms with E-state index in [4.69, 9.17) is 9.47 Å². The molecule has 0 bridgehead atoms. The van der Waals surface area contributed by atoms with E-state index in [9.17, 15) is 9.59 Å². The van der Waals surface area contributed by atoms with Crippen molar-refractivity contribution in [2.24, 2.45) is 0 Å². The quantitative estimate of drug-likeness (QED) is 0.677. The highest BCUT2D eigenvalue weighted by Crippen LogP contribution is 2.46. The van der Waals surface area contributed by atoms with Crippen molar-refractivity contribution in [3.8, 4) is 11.5 Å². The lowest BCUT2D eigenvalue weighted by atomic mass is 9.76. The number of benzene rings is 3. The standard InChI is InChI=1S/C26H24N2O4/c1-31-21-12-11-17(15-22(21)32-2)27-25(29)23-19-9-5-6-10-20(19)26(30)28-14-13-16-7-3-4-8-18(16)24(23)28/h3-12,15,23-24H,13-14H2,1-2H3,(H,27,29)/t23-,24-/m0/s1. The molecule has 1 N–H and O–H groups in total. The van der Waals surface area contributed by atoms with Gasteiger partial charge in [0.15, 0.2) is 11.5 Å². The summed E-state index contributed by atoms with van der Waals surface area (Å²) in [5.41, 5.74) is 4.18. The van der Waals surface area contributed by atoms with Crippen LogP contribution < -0.4 is 14.8 Å². The molecule has 0 fully saturated rings. The van der Waals surface area contributed by atoms with Crippen LogP contribution in [0.25, 0.3) is 0 Å². The Morgan fingerprint density at radius 3 is 2.44 bits per heavy atom. The lowest BCUT2D eigenvalue weighted by Gasteiger charge is -2.45. The van der Waals surface area contributed by atoms with Crippen LogP contribution in [0.15, 0.2) is 66.7 Å². The van der Waals surface area contributed by atoms with Gasteiger partial charge in [-0.05, 0) is 41.3 Å². The number of nitrogens with one attached hydrogen (secondary N) is 1. The van der Waals surface area contributed by atoms with Gasteiger partial charge in [0, 0.05) is 23.9 Å². The summed E-state index contributed by atoms with van der Waals surface area (Å²) in [5, 5.41) is 3.04. The van der Waals surface area contributed by atoms with Crippen LogP contribution in [0.5, 0.6) is 11.5 Å². The van der Waals surface area contributed by atoms with E-state index in [0.717, 1.165) is 17.5 Å². The van der Waals surface area contributed by atoms with Gasteiger partial charge < -0.3 is 19.7 Å². The fraction of sp³-hybridized carbons (Fsp3) is 0.231. The zero-order valence-electron chi connectivity index (χ0n) is 18.0. The molecule has 2 amide bonds. The van der Waals surface area contributed by atoms with E-state index in [1.54, 1.807) is 32.4 Å². The molecule has 2 aliphatic heterocycles. The Balaban J connectivity index is 1.58. The summed E-state index contributed by atoms with van der Waals surface area (Å²) >= 11 is 0. The van der Waals surface area contributed by atoms with Gasteiger partial charge in [0.1, 0.15) is 0 Å². The van der Waals surface area contributed by atoms with Gasteiger partial charge in [0.2, 0.25) is 5.91 Å². The van der Waals surface area contributed by atoms with Gasteiger partial charge in [-0.3, -0.25) is 9.59 Å². The van der Waals surface area contributed by atoms with Crippen LogP contribution in [-0.4, -0.2) is 37.5 Å². The van der Waals surface area contributed by atoms with E-state index >= 15 is 0 Å². The summed E-state index contributed by atoms with van der Waals surface area (Å²) < 4.78 is 10.7. The first-order valence-corrected chi connectivity index (χ1v) is 10.6. The van der Waals surface area contributed by atoms with Gasteiger partial charge in [0.25, 0.3) is 5.91 Å². The maximum atomic E-state index is 13.7. The summed E-state index contributed by atoms with van der Waals surface area (Å²) in [5.74, 6) is 0.415. The number of ether oxygens (including phenoxy) is 2. The fourth-order valence-corrected chi connectivity index (χ4v) is 4.89. The molecule has 0 saturated carbocycles. The molecule has 0 saturated heterocycles. The molecule has 0 radical (unpaired) electrons. The van der Waals surface area contributed by atoms with Gasteiger partial charge in [-0.1, -0.05) is 42.5 Å². The Morgan fingerprint density at radius 2 is 1.66 bits per heavy atom. The number of amides is 2. The summed E-state index contributed by atoms with van der Waals surface area (Å²) in [6.45, 7) is 0.592. The minimum atomic E-state index is -0.529. The van der Waals surface area contributed by atoms with Crippen molar-refractivity contribution in [2.45, 2.75) is 18.4 Å². The van der Waals surface area contributed by atoms with Crippen LogP contribution in [0.3, 0.4) is 0 Å². The normalized spacial score (nSPS) is 18.8. The number of carbonyl (C=O) groups excluding carboxylic acids is 2. The summed E-state index contributed by atoms with van der Waals surface area (Å²) in [7, 11) is 3.13. The molecular weight excluding hydrogens is 404 g/mol. The molecule has 0 aliphatic carbocycles. The topological polar surface area (TPSA) is 67.9 Å². The first kappa shape index (κ1) is 20.1. The van der Waals surface area contributed by atoms with Crippen LogP contribution >= 0.6 is 0 Å². The van der Waals surface area contributed by atoms with Crippen LogP contribution in [0, 0.1) is 0 Å². The van der Waals surface area contributed by atoms with Crippen molar-refractivity contribution in [3.63, 3.8) is 0 Å². The lowest BCUT2D eigenvalue weighted by molar-refractivity contribution is -0.119. The van der Waals surface area contributed by atoms with E-state index in [1.165, 1.54) is 5.56 Å². The second kappa shape index (κ2) is 8.04. The predicted molar refractivity (Wildman–Crippen MR) is 121 cm³/mol. The van der Waals surface area contributed by atoms with Gasteiger partial charge in [0.05, 0.1) is 26.2 Å². The molecule has 0 aromatic heterocycles. The van der Waals surface area contributed by atoms with Crippen LogP contribution in [0.1, 0.15) is 39.0 Å². The zero-order valence-corrected chi connectivity index (χ0v) is 18.0. The molecule has 32 heavy (non-hydrogen) atoms. The molecule has 3 aromatic carbocycles. The van der Waals surface area contributed by atoms with Crippen molar-refractivity contribution in [3.05, 3.63) is 89.0 Å². The SMILES string of the molecule is COc1ccc(NC(=O)[C@H]2c3ccccc3C(=O)N3CCc4ccccc4[C@@H]23)cc1OC. The van der Waals surface area contributed by atoms with E-state index in [0.29, 0.717) is 29.3 Å². The molecule has 2 heterocycles. The fourth-order valence-electron chi connectivity index (χ4n) is 4.89. The number of fused-ring (bicyclic) bond motifs is 4. The number of methoxy groups -OCH3 is 2. The Morgan fingerprint density at radius 1 is 0.938 bits per heavy atom. The molecule has 6 nitrogen and oxygen atoms in total. The van der Waals surface area contributed by atoms with Gasteiger partial charge in [-0.15, -0.1) is 0 Å². The first-order chi connectivity index (χ1) is 15.6. The molecule has 2 aliphatic rings. The van der Waals surface area contributed by atoms with E-state index in [1.807, 2.05) is 47.4 Å². The minimum absolute atomic E-state index is 0.0183. The second-order valence-electron chi connectivity index (χ2n) is 8.02. The van der Waals surface area contributed by atoms with Crippen molar-refractivity contribution < 1.29 is 19.1 Å². The highest BCUT2D eigenvalue weighted by molar-refractivity contribution is 6.04. The molecule has 5 rings (SSSR count). The Hall–Kier alpha value is -3.80. The number of hydrogen-bond acceptors (Lipinski definition) is 4. The Bertz CT molecular complexity index is 1210. The van der Waals surface area contributed by atoms with Crippen LogP contribution in [-0.2, 0) is 11.2 Å². The number of rotatable bonds is 4. The highest BCUT2D eigenvalue weighted by Gasteiger charge is 2.46. The minimum Gasteiger partial charge on any atom is -0.493 e. The molecule has 0 spiro atoms. The average Bonchev–Trinajstić information content (AvgIpc) is 2.84. The maximum Gasteiger partial charge on any atom is 0.254 e. The third-order valence-electron chi connectivity index (χ3n) is 6.37. The number of carbonyl (C=O) groups is 2. The van der Waals surface area contributed by atoms with Crippen LogP contribution in [0.2, 0.25) is 0 Å². The lowest BCUT2D eigenvalue weighted by Crippen LogP contribution is -2.49. The second-order valence-corrected chi connectivity index (χ2v) is 8.02. The van der Waals surface area contributed by atoms with Crippen molar-refractivity contribution in [2.75, 3.05) is 26.1 Å². The van der Waals surface area contributed by atoms with E-state index in [-0.39, 0.29) is 17.9 Å². The van der Waals surface area contributed by atoms with Gasteiger partial charge in [-0.2, -0.15) is 0 Å². The first-order valence-electron chi connectivity index (χ1n) is 10.6. The number of hydrogen-bond donors (Lipinski definition) is 1. The van der Waals surface area contributed by atoms with Crippen molar-refractivity contribution in [1.82, 2.24) is 4.90 Å². The Labute approximate surface area is 186 Å². The van der Waals surface area contributed by atoms with Gasteiger partial charge in [-0.25, -0.2) is 0 Å². The molecule has 3 aromatic rings. The summed E-state index contributed by atoms with van der Waals surface area (Å²) in [6.07, 6.45) is 0.782. The van der Waals surface area contributed by atoms with E-state index in [2.05, 4.69) is 11.4 Å². The van der Waals surface area contributed by atoms with E-state index < -0.39 is 5.92 Å². The number of nitrogens with zero attached hydrogens (tertiary/aromatic N) is 1. The molecule has 0 unspecified atom stereocenters. The zero-order chi connectivity index (χ0) is 22.2. The monoisotopic (exact) mass is 428 g/mol. The highest BCUT2D eigenvalue weighted by atomic mass is 16.5. The molecular formula is C26H24N2O4. The predicted octanol–water partition coefficient (Wildman–Crippen LogP) is 4.18. The molecule has 162 valence electrons. The van der Waals surface area contributed by atoms with Crippen molar-refractivity contribution in [1.29, 1.82) is 0 Å². The average molecular weight is 428 g/mol. The molecule has 6 heteroatoms. The third kappa shape index (κ3) is 3.19. The summed E-state index contributed by atoms with van der Waals surface area (Å²) in [6, 6.07) is 20.5. The largest absolute Gasteiger partial charge is 0.493 e. The maximum absolute atomic E-state index is 13.7. The molecule has 2 atom stereocenters. The smallest absolute Gasteiger partial charge is 0.254 e. The van der Waals surface area contributed by atoms with Gasteiger partial charge >= 0.3 is 0 Å². The Kier molecular flexibility index (Phi) is 5.05.